The van der Waals surface area contributed by atoms with Crippen molar-refractivity contribution in [2.24, 2.45) is 17.6 Å². The Morgan fingerprint density at radius 3 is 2.37 bits per heavy atom. The predicted molar refractivity (Wildman–Crippen MR) is 103 cm³/mol. The molecular formula is C16H31Cl2F3N4O2. The lowest BCUT2D eigenvalue weighted by molar-refractivity contribution is -0.146. The van der Waals surface area contributed by atoms with Crippen molar-refractivity contribution in [1.82, 2.24) is 15.1 Å². The fourth-order valence-electron chi connectivity index (χ4n) is 2.83. The molecule has 0 saturated carbocycles. The molecule has 0 aromatic carbocycles. The van der Waals surface area contributed by atoms with E-state index in [-0.39, 0.29) is 55.0 Å². The van der Waals surface area contributed by atoms with Crippen LogP contribution in [0.5, 0.6) is 0 Å². The summed E-state index contributed by atoms with van der Waals surface area (Å²) < 4.78 is 37.5. The minimum absolute atomic E-state index is 0. The molecule has 0 aromatic rings. The van der Waals surface area contributed by atoms with E-state index in [1.165, 1.54) is 4.90 Å². The van der Waals surface area contributed by atoms with E-state index in [4.69, 9.17) is 5.73 Å². The summed E-state index contributed by atoms with van der Waals surface area (Å²) in [6, 6.07) is -0.667. The summed E-state index contributed by atoms with van der Waals surface area (Å²) in [7, 11) is 0. The van der Waals surface area contributed by atoms with E-state index in [0.29, 0.717) is 32.6 Å². The first-order valence-corrected chi connectivity index (χ1v) is 8.63. The van der Waals surface area contributed by atoms with Crippen LogP contribution >= 0.6 is 24.8 Å². The molecule has 11 heteroatoms. The fourth-order valence-corrected chi connectivity index (χ4v) is 2.83. The highest BCUT2D eigenvalue weighted by molar-refractivity contribution is 5.87. The van der Waals surface area contributed by atoms with Gasteiger partial charge in [0.05, 0.1) is 19.1 Å². The van der Waals surface area contributed by atoms with Gasteiger partial charge in [-0.1, -0.05) is 20.8 Å². The normalized spacial score (nSPS) is 18.1. The highest BCUT2D eigenvalue weighted by atomic mass is 35.5. The molecule has 0 bridgehead atoms. The molecule has 6 nitrogen and oxygen atoms in total. The van der Waals surface area contributed by atoms with Crippen molar-refractivity contribution in [3.8, 4) is 0 Å². The number of amides is 2. The van der Waals surface area contributed by atoms with Crippen LogP contribution in [-0.4, -0.2) is 73.1 Å². The van der Waals surface area contributed by atoms with E-state index in [1.54, 1.807) is 11.8 Å². The number of nitrogens with one attached hydrogen (secondary N) is 1. The minimum atomic E-state index is -4.22. The number of hydrogen-bond donors (Lipinski definition) is 2. The summed E-state index contributed by atoms with van der Waals surface area (Å²) in [5.41, 5.74) is 5.71. The SMILES string of the molecule is CCN(CC1CCN(C(=O)CNC(=O)[C@@H](N)C(C)C)C1)CC(F)(F)F.Cl.Cl. The maximum absolute atomic E-state index is 12.5. The van der Waals surface area contributed by atoms with Crippen LogP contribution in [0.3, 0.4) is 0 Å². The van der Waals surface area contributed by atoms with Crippen LogP contribution in [-0.2, 0) is 9.59 Å². The highest BCUT2D eigenvalue weighted by Crippen LogP contribution is 2.21. The molecule has 2 amide bonds. The molecule has 162 valence electrons. The van der Waals surface area contributed by atoms with Crippen molar-refractivity contribution in [2.75, 3.05) is 39.3 Å². The Morgan fingerprint density at radius 2 is 1.89 bits per heavy atom. The number of carbonyl (C=O) groups is 2. The Bertz CT molecular complexity index is 467. The van der Waals surface area contributed by atoms with Gasteiger partial charge in [0, 0.05) is 19.6 Å². The summed E-state index contributed by atoms with van der Waals surface area (Å²) in [6.07, 6.45) is -3.55. The van der Waals surface area contributed by atoms with Crippen LogP contribution in [0.15, 0.2) is 0 Å². The van der Waals surface area contributed by atoms with Gasteiger partial charge in [-0.2, -0.15) is 13.2 Å². The fraction of sp³-hybridized carbons (Fsp3) is 0.875. The van der Waals surface area contributed by atoms with Crippen LogP contribution in [0.25, 0.3) is 0 Å². The molecule has 2 atom stereocenters. The zero-order valence-electron chi connectivity index (χ0n) is 15.9. The Kier molecular flexibility index (Phi) is 13.3. The number of alkyl halides is 3. The third-order valence-electron chi connectivity index (χ3n) is 4.44. The van der Waals surface area contributed by atoms with Crippen LogP contribution < -0.4 is 11.1 Å². The molecule has 1 fully saturated rings. The summed E-state index contributed by atoms with van der Waals surface area (Å²) >= 11 is 0. The van der Waals surface area contributed by atoms with Gasteiger partial charge in [-0.15, -0.1) is 24.8 Å². The second-order valence-electron chi connectivity index (χ2n) is 6.92. The molecule has 1 heterocycles. The van der Waals surface area contributed by atoms with Gasteiger partial charge < -0.3 is 16.0 Å². The average molecular weight is 439 g/mol. The van der Waals surface area contributed by atoms with Gasteiger partial charge in [0.1, 0.15) is 0 Å². The summed E-state index contributed by atoms with van der Waals surface area (Å²) in [6.45, 7) is 5.80. The number of likely N-dealkylation sites (tertiary alicyclic amines) is 1. The maximum atomic E-state index is 12.5. The molecule has 0 radical (unpaired) electrons. The Morgan fingerprint density at radius 1 is 1.30 bits per heavy atom. The molecule has 1 aliphatic heterocycles. The number of rotatable bonds is 8. The largest absolute Gasteiger partial charge is 0.401 e. The molecule has 0 spiro atoms. The smallest absolute Gasteiger partial charge is 0.346 e. The third-order valence-corrected chi connectivity index (χ3v) is 4.44. The standard InChI is InChI=1S/C16H29F3N4O2.2ClH/c1-4-22(10-16(17,18)19)8-12-5-6-23(9-12)13(24)7-21-15(25)14(20)11(2)3;;/h11-12,14H,4-10,20H2,1-3H3,(H,21,25);2*1H/t12?,14-;;/m0../s1. The van der Waals surface area contributed by atoms with Crippen molar-refractivity contribution in [3.63, 3.8) is 0 Å². The van der Waals surface area contributed by atoms with Gasteiger partial charge in [-0.25, -0.2) is 0 Å². The lowest BCUT2D eigenvalue weighted by atomic mass is 10.1. The molecule has 0 aromatic heterocycles. The summed E-state index contributed by atoms with van der Waals surface area (Å²) in [5.74, 6) is -0.619. The number of hydrogen-bond acceptors (Lipinski definition) is 4. The Hall–Kier alpha value is -0.770. The van der Waals surface area contributed by atoms with Crippen molar-refractivity contribution in [3.05, 3.63) is 0 Å². The first kappa shape index (κ1) is 28.4. The molecule has 1 rings (SSSR count). The predicted octanol–water partition coefficient (Wildman–Crippen LogP) is 1.66. The van der Waals surface area contributed by atoms with Gasteiger partial charge >= 0.3 is 6.18 Å². The molecule has 1 saturated heterocycles. The van der Waals surface area contributed by atoms with Crippen molar-refractivity contribution >= 4 is 36.6 Å². The maximum Gasteiger partial charge on any atom is 0.401 e. The van der Waals surface area contributed by atoms with Gasteiger partial charge in [0.15, 0.2) is 0 Å². The van der Waals surface area contributed by atoms with E-state index in [2.05, 4.69) is 5.32 Å². The number of halogens is 5. The summed E-state index contributed by atoms with van der Waals surface area (Å²) in [5, 5.41) is 2.52. The van der Waals surface area contributed by atoms with E-state index in [0.717, 1.165) is 0 Å². The van der Waals surface area contributed by atoms with E-state index in [9.17, 15) is 22.8 Å². The Labute approximate surface area is 171 Å². The van der Waals surface area contributed by atoms with Gasteiger partial charge in [0.2, 0.25) is 11.8 Å². The van der Waals surface area contributed by atoms with Gasteiger partial charge in [0.25, 0.3) is 0 Å². The topological polar surface area (TPSA) is 78.7 Å². The van der Waals surface area contributed by atoms with Crippen LogP contribution in [0, 0.1) is 11.8 Å². The van der Waals surface area contributed by atoms with Gasteiger partial charge in [-0.05, 0) is 24.8 Å². The lowest BCUT2D eigenvalue weighted by Gasteiger charge is -2.25. The van der Waals surface area contributed by atoms with Crippen molar-refractivity contribution < 1.29 is 22.8 Å². The second kappa shape index (κ2) is 12.6. The first-order valence-electron chi connectivity index (χ1n) is 8.63. The van der Waals surface area contributed by atoms with E-state index >= 15 is 0 Å². The molecule has 1 aliphatic rings. The average Bonchev–Trinajstić information content (AvgIpc) is 2.97. The zero-order chi connectivity index (χ0) is 19.2. The monoisotopic (exact) mass is 438 g/mol. The van der Waals surface area contributed by atoms with E-state index < -0.39 is 18.8 Å². The Balaban J connectivity index is 0. The van der Waals surface area contributed by atoms with E-state index in [1.807, 2.05) is 13.8 Å². The first-order chi connectivity index (χ1) is 11.5. The minimum Gasteiger partial charge on any atom is -0.346 e. The number of carbonyl (C=O) groups excluding carboxylic acids is 2. The lowest BCUT2D eigenvalue weighted by Crippen LogP contribution is -2.47. The summed E-state index contributed by atoms with van der Waals surface area (Å²) in [4.78, 5) is 26.9. The van der Waals surface area contributed by atoms with Crippen molar-refractivity contribution in [2.45, 2.75) is 39.4 Å². The van der Waals surface area contributed by atoms with Crippen molar-refractivity contribution in [1.29, 1.82) is 0 Å². The van der Waals surface area contributed by atoms with Crippen LogP contribution in [0.4, 0.5) is 13.2 Å². The molecular weight excluding hydrogens is 408 g/mol. The van der Waals surface area contributed by atoms with Gasteiger partial charge in [-0.3, -0.25) is 14.5 Å². The number of nitrogens with two attached hydrogens (primary N) is 1. The molecule has 0 aliphatic carbocycles. The third kappa shape index (κ3) is 10.4. The van der Waals surface area contributed by atoms with Crippen LogP contribution in [0.2, 0.25) is 0 Å². The second-order valence-corrected chi connectivity index (χ2v) is 6.92. The molecule has 1 unspecified atom stereocenters. The molecule has 3 N–H and O–H groups in total. The quantitative estimate of drug-likeness (QED) is 0.603. The highest BCUT2D eigenvalue weighted by Gasteiger charge is 2.33. The number of nitrogens with zero attached hydrogens (tertiary/aromatic N) is 2. The zero-order valence-corrected chi connectivity index (χ0v) is 17.6. The van der Waals surface area contributed by atoms with Crippen LogP contribution in [0.1, 0.15) is 27.2 Å². The molecule has 27 heavy (non-hydrogen) atoms.